The Morgan fingerprint density at radius 3 is 2.73 bits per heavy atom. The summed E-state index contributed by atoms with van der Waals surface area (Å²) in [5.41, 5.74) is 0. The Bertz CT molecular complexity index is 144. The zero-order valence-electron chi connectivity index (χ0n) is 7.05. The monoisotopic (exact) mass is 169 g/mol. The summed E-state index contributed by atoms with van der Waals surface area (Å²) in [6.07, 6.45) is 3.78. The van der Waals surface area contributed by atoms with E-state index in [2.05, 4.69) is 17.8 Å². The van der Waals surface area contributed by atoms with Gasteiger partial charge in [-0.05, 0) is 43.6 Å². The summed E-state index contributed by atoms with van der Waals surface area (Å²) in [6.45, 7) is 2.03. The summed E-state index contributed by atoms with van der Waals surface area (Å²) in [5, 5.41) is 8.61. The zero-order chi connectivity index (χ0) is 8.10. The van der Waals surface area contributed by atoms with Crippen molar-refractivity contribution in [3.63, 3.8) is 0 Å². The first kappa shape index (κ1) is 8.93. The molecule has 0 aliphatic carbocycles. The molecule has 0 aromatic heterocycles. The van der Waals surface area contributed by atoms with Gasteiger partial charge in [0, 0.05) is 5.92 Å². The minimum absolute atomic E-state index is 0.267. The number of nitriles is 1. The summed E-state index contributed by atoms with van der Waals surface area (Å²) >= 11 is 2.05. The highest BCUT2D eigenvalue weighted by atomic mass is 32.2. The van der Waals surface area contributed by atoms with Gasteiger partial charge in [-0.15, -0.1) is 0 Å². The molecule has 0 bridgehead atoms. The van der Waals surface area contributed by atoms with Crippen molar-refractivity contribution in [3.05, 3.63) is 0 Å². The van der Waals surface area contributed by atoms with Gasteiger partial charge in [-0.2, -0.15) is 17.0 Å². The fourth-order valence-corrected chi connectivity index (χ4v) is 2.74. The molecule has 1 atom stereocenters. The molecule has 1 saturated heterocycles. The van der Waals surface area contributed by atoms with Crippen LogP contribution in [-0.2, 0) is 0 Å². The van der Waals surface area contributed by atoms with E-state index in [-0.39, 0.29) is 5.92 Å². The fraction of sp³-hybridized carbons (Fsp3) is 0.889. The van der Waals surface area contributed by atoms with E-state index in [9.17, 15) is 0 Å². The maximum atomic E-state index is 8.61. The molecule has 0 radical (unpaired) electrons. The molecule has 62 valence electrons. The van der Waals surface area contributed by atoms with Crippen LogP contribution in [0.4, 0.5) is 0 Å². The Kier molecular flexibility index (Phi) is 3.79. The van der Waals surface area contributed by atoms with Crippen molar-refractivity contribution in [2.75, 3.05) is 11.5 Å². The average Bonchev–Trinajstić information content (AvgIpc) is 2.06. The van der Waals surface area contributed by atoms with E-state index in [1.54, 1.807) is 0 Å². The first-order chi connectivity index (χ1) is 5.33. The lowest BCUT2D eigenvalue weighted by atomic mass is 9.92. The van der Waals surface area contributed by atoms with Gasteiger partial charge in [0.05, 0.1) is 6.07 Å². The van der Waals surface area contributed by atoms with Crippen LogP contribution in [0.25, 0.3) is 0 Å². The molecule has 0 N–H and O–H groups in total. The van der Waals surface area contributed by atoms with Crippen molar-refractivity contribution in [1.29, 1.82) is 5.26 Å². The molecule has 0 aromatic carbocycles. The molecule has 0 saturated carbocycles. The Morgan fingerprint density at radius 1 is 1.55 bits per heavy atom. The van der Waals surface area contributed by atoms with Crippen LogP contribution in [0.15, 0.2) is 0 Å². The maximum Gasteiger partial charge on any atom is 0.0652 e. The zero-order valence-corrected chi connectivity index (χ0v) is 7.86. The van der Waals surface area contributed by atoms with Crippen molar-refractivity contribution in [2.24, 2.45) is 11.8 Å². The van der Waals surface area contributed by atoms with Gasteiger partial charge in [0.15, 0.2) is 0 Å². The average molecular weight is 169 g/mol. The van der Waals surface area contributed by atoms with Crippen LogP contribution in [0.5, 0.6) is 0 Å². The second kappa shape index (κ2) is 4.66. The van der Waals surface area contributed by atoms with E-state index < -0.39 is 0 Å². The van der Waals surface area contributed by atoms with Crippen molar-refractivity contribution in [3.8, 4) is 6.07 Å². The lowest BCUT2D eigenvalue weighted by Crippen LogP contribution is -2.12. The van der Waals surface area contributed by atoms with Crippen LogP contribution in [0, 0.1) is 23.2 Å². The minimum atomic E-state index is 0.267. The van der Waals surface area contributed by atoms with E-state index in [0.717, 1.165) is 12.3 Å². The summed E-state index contributed by atoms with van der Waals surface area (Å²) in [6, 6.07) is 2.31. The molecule has 0 spiro atoms. The standard InChI is InChI=1S/C9H15NS/c1-8(7-10)6-9-2-4-11-5-3-9/h8-9H,2-6H2,1H3. The van der Waals surface area contributed by atoms with Gasteiger partial charge in [0.1, 0.15) is 0 Å². The molecule has 1 unspecified atom stereocenters. The van der Waals surface area contributed by atoms with E-state index in [0.29, 0.717) is 0 Å². The molecule has 1 heterocycles. The topological polar surface area (TPSA) is 23.8 Å². The quantitative estimate of drug-likeness (QED) is 0.634. The largest absolute Gasteiger partial charge is 0.198 e. The Labute approximate surface area is 73.2 Å². The highest BCUT2D eigenvalue weighted by molar-refractivity contribution is 7.99. The van der Waals surface area contributed by atoms with Gasteiger partial charge in [-0.3, -0.25) is 0 Å². The molecule has 1 aliphatic heterocycles. The van der Waals surface area contributed by atoms with Crippen LogP contribution in [-0.4, -0.2) is 11.5 Å². The SMILES string of the molecule is CC(C#N)CC1CCSCC1. The number of rotatable bonds is 2. The lowest BCUT2D eigenvalue weighted by Gasteiger charge is -2.21. The van der Waals surface area contributed by atoms with Crippen LogP contribution in [0.3, 0.4) is 0 Å². The predicted octanol–water partition coefficient (Wildman–Crippen LogP) is 2.68. The molecule has 2 heteroatoms. The predicted molar refractivity (Wildman–Crippen MR) is 49.4 cm³/mol. The Hall–Kier alpha value is -0.160. The number of hydrogen-bond donors (Lipinski definition) is 0. The normalized spacial score (nSPS) is 22.5. The first-order valence-electron chi connectivity index (χ1n) is 4.30. The van der Waals surface area contributed by atoms with Crippen LogP contribution in [0.1, 0.15) is 26.2 Å². The third-order valence-electron chi connectivity index (χ3n) is 2.25. The molecule has 0 aromatic rings. The lowest BCUT2D eigenvalue weighted by molar-refractivity contribution is 0.411. The summed E-state index contributed by atoms with van der Waals surface area (Å²) < 4.78 is 0. The number of nitrogens with zero attached hydrogens (tertiary/aromatic N) is 1. The summed E-state index contributed by atoms with van der Waals surface area (Å²) in [5.74, 6) is 3.72. The molecule has 11 heavy (non-hydrogen) atoms. The number of hydrogen-bond acceptors (Lipinski definition) is 2. The summed E-state index contributed by atoms with van der Waals surface area (Å²) in [7, 11) is 0. The first-order valence-corrected chi connectivity index (χ1v) is 5.45. The van der Waals surface area contributed by atoms with Gasteiger partial charge < -0.3 is 0 Å². The van der Waals surface area contributed by atoms with Gasteiger partial charge in [-0.25, -0.2) is 0 Å². The van der Waals surface area contributed by atoms with Crippen LogP contribution in [0.2, 0.25) is 0 Å². The Balaban J connectivity index is 2.20. The van der Waals surface area contributed by atoms with Crippen molar-refractivity contribution in [2.45, 2.75) is 26.2 Å². The molecule has 1 rings (SSSR count). The molecule has 0 amide bonds. The second-order valence-corrected chi connectivity index (χ2v) is 4.55. The van der Waals surface area contributed by atoms with Crippen LogP contribution < -0.4 is 0 Å². The van der Waals surface area contributed by atoms with Gasteiger partial charge in [0.2, 0.25) is 0 Å². The van der Waals surface area contributed by atoms with Crippen LogP contribution >= 0.6 is 11.8 Å². The van der Waals surface area contributed by atoms with Crippen molar-refractivity contribution >= 4 is 11.8 Å². The third-order valence-corrected chi connectivity index (χ3v) is 3.30. The third kappa shape index (κ3) is 3.16. The smallest absolute Gasteiger partial charge is 0.0652 e. The van der Waals surface area contributed by atoms with Crippen molar-refractivity contribution in [1.82, 2.24) is 0 Å². The molecule has 1 fully saturated rings. The summed E-state index contributed by atoms with van der Waals surface area (Å²) in [4.78, 5) is 0. The molecular formula is C9H15NS. The molecule has 1 nitrogen and oxygen atoms in total. The highest BCUT2D eigenvalue weighted by Crippen LogP contribution is 2.27. The molecular weight excluding hydrogens is 154 g/mol. The molecule has 1 aliphatic rings. The van der Waals surface area contributed by atoms with Gasteiger partial charge >= 0.3 is 0 Å². The van der Waals surface area contributed by atoms with Crippen molar-refractivity contribution < 1.29 is 0 Å². The fourth-order valence-electron chi connectivity index (χ4n) is 1.53. The number of thioether (sulfide) groups is 1. The highest BCUT2D eigenvalue weighted by Gasteiger charge is 2.15. The van der Waals surface area contributed by atoms with E-state index >= 15 is 0 Å². The van der Waals surface area contributed by atoms with E-state index in [4.69, 9.17) is 5.26 Å². The van der Waals surface area contributed by atoms with E-state index in [1.807, 2.05) is 6.92 Å². The second-order valence-electron chi connectivity index (χ2n) is 3.32. The van der Waals surface area contributed by atoms with Gasteiger partial charge in [-0.1, -0.05) is 0 Å². The Morgan fingerprint density at radius 2 is 2.18 bits per heavy atom. The van der Waals surface area contributed by atoms with E-state index in [1.165, 1.54) is 24.3 Å². The van der Waals surface area contributed by atoms with Gasteiger partial charge in [0.25, 0.3) is 0 Å². The minimum Gasteiger partial charge on any atom is -0.198 e. The maximum absolute atomic E-state index is 8.61.